The fraction of sp³-hybridized carbons (Fsp3) is 0. The van der Waals surface area contributed by atoms with Gasteiger partial charge in [-0.2, -0.15) is 0 Å². The van der Waals surface area contributed by atoms with Crippen LogP contribution in [-0.2, 0) is 0 Å². The molecule has 0 saturated carbocycles. The molecule has 0 amide bonds. The molecule has 0 saturated heterocycles. The number of hydrogen-bond acceptors (Lipinski definition) is 2. The zero-order valence-corrected chi connectivity index (χ0v) is 14.8. The summed E-state index contributed by atoms with van der Waals surface area (Å²) in [7, 11) is 0. The normalized spacial score (nSPS) is 10.4. The summed E-state index contributed by atoms with van der Waals surface area (Å²) in [6, 6.07) is 25.1. The van der Waals surface area contributed by atoms with Crippen molar-refractivity contribution in [2.75, 3.05) is 0 Å². The lowest BCUT2D eigenvalue weighted by molar-refractivity contribution is 0.478. The Morgan fingerprint density at radius 2 is 1.36 bits per heavy atom. The van der Waals surface area contributed by atoms with Crippen molar-refractivity contribution in [2.24, 2.45) is 0 Å². The van der Waals surface area contributed by atoms with E-state index < -0.39 is 0 Å². The van der Waals surface area contributed by atoms with Crippen LogP contribution in [0.1, 0.15) is 0 Å². The van der Waals surface area contributed by atoms with Gasteiger partial charge in [-0.25, -0.2) is 4.98 Å². The number of aromatic hydroxyl groups is 1. The Morgan fingerprint density at radius 1 is 0.720 bits per heavy atom. The van der Waals surface area contributed by atoms with Crippen LogP contribution in [0.25, 0.3) is 33.3 Å². The van der Waals surface area contributed by atoms with Crippen LogP contribution in [0.2, 0.25) is 5.02 Å². The van der Waals surface area contributed by atoms with E-state index in [1.807, 2.05) is 66.7 Å². The van der Waals surface area contributed by atoms with Crippen LogP contribution < -0.4 is 0 Å². The molecule has 0 spiro atoms. The van der Waals surface area contributed by atoms with Gasteiger partial charge in [0, 0.05) is 21.5 Å². The van der Waals surface area contributed by atoms with Gasteiger partial charge < -0.3 is 5.11 Å². The Labute approximate surface area is 157 Å². The summed E-state index contributed by atoms with van der Waals surface area (Å²) >= 11 is 5.98. The molecular weight excluding hydrogens is 353 g/mol. The second kappa shape index (κ2) is 7.14. The molecule has 0 radical (unpaired) electrons. The van der Waals surface area contributed by atoms with Gasteiger partial charge in [-0.05, 0) is 23.8 Å². The Hall–Kier alpha value is -2.55. The highest BCUT2D eigenvalue weighted by molar-refractivity contribution is 6.30. The quantitative estimate of drug-likeness (QED) is 0.447. The van der Waals surface area contributed by atoms with E-state index in [1.165, 1.54) is 0 Å². The number of rotatable bonds is 2. The van der Waals surface area contributed by atoms with E-state index in [4.69, 9.17) is 11.6 Å². The van der Waals surface area contributed by atoms with E-state index in [0.29, 0.717) is 10.7 Å². The minimum atomic E-state index is 0. The molecule has 1 aromatic heterocycles. The second-order valence-corrected chi connectivity index (χ2v) is 6.01. The summed E-state index contributed by atoms with van der Waals surface area (Å²) in [5.41, 5.74) is 4.00. The number of benzene rings is 3. The van der Waals surface area contributed by atoms with Gasteiger partial charge >= 0.3 is 0 Å². The van der Waals surface area contributed by atoms with E-state index in [9.17, 15) is 5.11 Å². The molecule has 4 heteroatoms. The smallest absolute Gasteiger partial charge is 0.150 e. The summed E-state index contributed by atoms with van der Waals surface area (Å²) < 4.78 is 0. The molecule has 0 bridgehead atoms. The lowest BCUT2D eigenvalue weighted by Crippen LogP contribution is -1.91. The van der Waals surface area contributed by atoms with Gasteiger partial charge in [-0.15, -0.1) is 12.4 Å². The zero-order valence-electron chi connectivity index (χ0n) is 13.2. The van der Waals surface area contributed by atoms with Gasteiger partial charge in [-0.3, -0.25) is 0 Å². The molecule has 1 N–H and O–H groups in total. The van der Waals surface area contributed by atoms with Crippen molar-refractivity contribution in [3.63, 3.8) is 0 Å². The molecule has 1 heterocycles. The number of aromatic nitrogens is 1. The molecule has 0 aliphatic carbocycles. The highest BCUT2D eigenvalue weighted by Gasteiger charge is 2.16. The summed E-state index contributed by atoms with van der Waals surface area (Å²) in [6.07, 6.45) is 0. The summed E-state index contributed by atoms with van der Waals surface area (Å²) in [4.78, 5) is 4.67. The van der Waals surface area contributed by atoms with E-state index in [1.54, 1.807) is 12.1 Å². The van der Waals surface area contributed by atoms with Crippen LogP contribution in [0.4, 0.5) is 0 Å². The third-order valence-corrected chi connectivity index (χ3v) is 4.30. The highest BCUT2D eigenvalue weighted by atomic mass is 35.5. The molecule has 124 valence electrons. The van der Waals surface area contributed by atoms with Gasteiger partial charge in [0.05, 0.1) is 5.52 Å². The Bertz CT molecular complexity index is 1020. The Kier molecular flexibility index (Phi) is 4.93. The molecule has 3 aromatic carbocycles. The number of hydrogen-bond donors (Lipinski definition) is 1. The van der Waals surface area contributed by atoms with Crippen molar-refractivity contribution in [3.05, 3.63) is 83.9 Å². The van der Waals surface area contributed by atoms with E-state index in [0.717, 1.165) is 27.6 Å². The second-order valence-electron chi connectivity index (χ2n) is 5.57. The van der Waals surface area contributed by atoms with E-state index in [2.05, 4.69) is 4.98 Å². The maximum atomic E-state index is 11.0. The molecule has 0 fully saturated rings. The van der Waals surface area contributed by atoms with Crippen LogP contribution in [0.5, 0.6) is 5.75 Å². The summed E-state index contributed by atoms with van der Waals surface area (Å²) in [5, 5.41) is 12.6. The first-order valence-corrected chi connectivity index (χ1v) is 8.05. The fourth-order valence-corrected chi connectivity index (χ4v) is 3.03. The average Bonchev–Trinajstić information content (AvgIpc) is 2.63. The van der Waals surface area contributed by atoms with Crippen LogP contribution in [0.3, 0.4) is 0 Å². The Morgan fingerprint density at radius 3 is 2.08 bits per heavy atom. The first-order chi connectivity index (χ1) is 11.7. The van der Waals surface area contributed by atoms with E-state index in [-0.39, 0.29) is 18.2 Å². The predicted molar refractivity (Wildman–Crippen MR) is 107 cm³/mol. The topological polar surface area (TPSA) is 33.1 Å². The number of nitrogens with zero attached hydrogens (tertiary/aromatic N) is 1. The number of halogens is 2. The van der Waals surface area contributed by atoms with Crippen molar-refractivity contribution in [1.82, 2.24) is 4.98 Å². The van der Waals surface area contributed by atoms with Crippen LogP contribution >= 0.6 is 24.0 Å². The highest BCUT2D eigenvalue weighted by Crippen LogP contribution is 2.41. The standard InChI is InChI=1S/C21H14ClNO.ClH/c22-16-12-10-15(11-13-16)20-21(24)19(14-6-2-1-3-7-14)17-8-4-5-9-18(17)23-20;/h1-13,24H;1H. The van der Waals surface area contributed by atoms with Crippen molar-refractivity contribution >= 4 is 34.9 Å². The largest absolute Gasteiger partial charge is 0.505 e. The van der Waals surface area contributed by atoms with Crippen molar-refractivity contribution < 1.29 is 5.11 Å². The maximum absolute atomic E-state index is 11.0. The molecule has 2 nitrogen and oxygen atoms in total. The first kappa shape index (κ1) is 17.3. The average molecular weight is 368 g/mol. The fourth-order valence-electron chi connectivity index (χ4n) is 2.91. The van der Waals surface area contributed by atoms with Gasteiger partial charge in [0.2, 0.25) is 0 Å². The summed E-state index contributed by atoms with van der Waals surface area (Å²) in [6.45, 7) is 0. The number of para-hydroxylation sites is 1. The van der Waals surface area contributed by atoms with E-state index >= 15 is 0 Å². The monoisotopic (exact) mass is 367 g/mol. The predicted octanol–water partition coefficient (Wildman–Crippen LogP) is 6.35. The third-order valence-electron chi connectivity index (χ3n) is 4.05. The Balaban J connectivity index is 0.00000182. The third kappa shape index (κ3) is 3.19. The first-order valence-electron chi connectivity index (χ1n) is 7.67. The van der Waals surface area contributed by atoms with Crippen LogP contribution in [0, 0.1) is 0 Å². The minimum Gasteiger partial charge on any atom is -0.505 e. The van der Waals surface area contributed by atoms with Gasteiger partial charge in [0.1, 0.15) is 11.4 Å². The molecular formula is C21H15Cl2NO. The van der Waals surface area contributed by atoms with Gasteiger partial charge in [0.25, 0.3) is 0 Å². The maximum Gasteiger partial charge on any atom is 0.150 e. The number of fused-ring (bicyclic) bond motifs is 1. The molecule has 4 rings (SSSR count). The molecule has 0 aliphatic heterocycles. The molecule has 0 atom stereocenters. The molecule has 25 heavy (non-hydrogen) atoms. The van der Waals surface area contributed by atoms with Crippen molar-refractivity contribution in [2.45, 2.75) is 0 Å². The lowest BCUT2D eigenvalue weighted by atomic mass is 9.97. The number of pyridine rings is 1. The lowest BCUT2D eigenvalue weighted by Gasteiger charge is -2.13. The molecule has 0 unspecified atom stereocenters. The summed E-state index contributed by atoms with van der Waals surface area (Å²) in [5.74, 6) is 0.183. The van der Waals surface area contributed by atoms with Crippen LogP contribution in [-0.4, -0.2) is 10.1 Å². The van der Waals surface area contributed by atoms with Crippen LogP contribution in [0.15, 0.2) is 78.9 Å². The van der Waals surface area contributed by atoms with Crippen molar-refractivity contribution in [3.8, 4) is 28.1 Å². The van der Waals surface area contributed by atoms with Crippen molar-refractivity contribution in [1.29, 1.82) is 0 Å². The van der Waals surface area contributed by atoms with Gasteiger partial charge in [-0.1, -0.05) is 72.3 Å². The molecule has 4 aromatic rings. The molecule has 0 aliphatic rings. The zero-order chi connectivity index (χ0) is 16.5. The SMILES string of the molecule is Cl.Oc1c(-c2ccc(Cl)cc2)nc2ccccc2c1-c1ccccc1. The minimum absolute atomic E-state index is 0. The van der Waals surface area contributed by atoms with Gasteiger partial charge in [0.15, 0.2) is 0 Å².